The molecule has 3 saturated heterocycles. The van der Waals surface area contributed by atoms with Gasteiger partial charge in [-0.1, -0.05) is 23.2 Å². The summed E-state index contributed by atoms with van der Waals surface area (Å²) in [6, 6.07) is -0.336. The van der Waals surface area contributed by atoms with Crippen LogP contribution in [0.5, 0.6) is 5.75 Å². The first kappa shape index (κ1) is 23.8. The van der Waals surface area contributed by atoms with E-state index in [1.54, 1.807) is 9.80 Å². The normalized spacial score (nSPS) is 26.9. The Morgan fingerprint density at radius 2 is 2.00 bits per heavy atom. The third-order valence-corrected chi connectivity index (χ3v) is 7.71. The van der Waals surface area contributed by atoms with E-state index >= 15 is 0 Å². The highest BCUT2D eigenvalue weighted by Gasteiger charge is 2.45. The quantitative estimate of drug-likeness (QED) is 0.532. The summed E-state index contributed by atoms with van der Waals surface area (Å²) in [5, 5.41) is 0.248. The molecule has 0 bridgehead atoms. The molecule has 1 aromatic rings. The third kappa shape index (κ3) is 4.27. The number of piperazine rings is 1. The standard InChI is InChI=1S/C23H30Cl2N4O5/c1-22(2,3)34-21(31)27-7-8-29-14(10-27)11-33-17-15(20(29)30)19(26-18(25)16(17)24)28-6-4-23(12-28)5-9-32-13-23/h14H,4-13H2,1-3H3/t14-,23?/m1/s1. The average Bonchev–Trinajstić information content (AvgIpc) is 3.38. The minimum atomic E-state index is -0.595. The number of nitrogens with zero attached hydrogens (tertiary/aromatic N) is 4. The molecule has 5 rings (SSSR count). The van der Waals surface area contributed by atoms with Crippen molar-refractivity contribution in [3.63, 3.8) is 0 Å². The number of carbonyl (C=O) groups excluding carboxylic acids is 2. The zero-order chi connectivity index (χ0) is 24.3. The molecule has 1 aromatic heterocycles. The van der Waals surface area contributed by atoms with E-state index in [0.29, 0.717) is 37.6 Å². The fraction of sp³-hybridized carbons (Fsp3) is 0.696. The van der Waals surface area contributed by atoms with Gasteiger partial charge in [0, 0.05) is 44.7 Å². The van der Waals surface area contributed by atoms with Gasteiger partial charge >= 0.3 is 6.09 Å². The van der Waals surface area contributed by atoms with Crippen LogP contribution in [0.4, 0.5) is 10.6 Å². The van der Waals surface area contributed by atoms with E-state index in [-0.39, 0.29) is 39.9 Å². The predicted molar refractivity (Wildman–Crippen MR) is 127 cm³/mol. The number of hydrogen-bond acceptors (Lipinski definition) is 7. The van der Waals surface area contributed by atoms with Crippen LogP contribution in [0.1, 0.15) is 44.0 Å². The van der Waals surface area contributed by atoms with E-state index in [4.69, 9.17) is 37.4 Å². The highest BCUT2D eigenvalue weighted by molar-refractivity contribution is 6.42. The second-order valence-electron chi connectivity index (χ2n) is 10.6. The van der Waals surface area contributed by atoms with E-state index in [9.17, 15) is 9.59 Å². The molecule has 4 aliphatic heterocycles. The summed E-state index contributed by atoms with van der Waals surface area (Å²) >= 11 is 12.9. The molecule has 1 unspecified atom stereocenters. The van der Waals surface area contributed by atoms with Crippen molar-refractivity contribution in [2.75, 3.05) is 57.4 Å². The fourth-order valence-electron chi connectivity index (χ4n) is 5.23. The van der Waals surface area contributed by atoms with Gasteiger partial charge in [-0.05, 0) is 33.6 Å². The van der Waals surface area contributed by atoms with Gasteiger partial charge in [-0.25, -0.2) is 9.78 Å². The highest BCUT2D eigenvalue weighted by atomic mass is 35.5. The van der Waals surface area contributed by atoms with Crippen LogP contribution in [0, 0.1) is 5.41 Å². The number of rotatable bonds is 1. The van der Waals surface area contributed by atoms with Crippen molar-refractivity contribution >= 4 is 41.0 Å². The monoisotopic (exact) mass is 512 g/mol. The maximum absolute atomic E-state index is 13.8. The van der Waals surface area contributed by atoms with Crippen LogP contribution in [0.15, 0.2) is 0 Å². The number of anilines is 1. The number of ether oxygens (including phenoxy) is 3. The summed E-state index contributed by atoms with van der Waals surface area (Å²) in [7, 11) is 0. The van der Waals surface area contributed by atoms with Crippen LogP contribution < -0.4 is 9.64 Å². The van der Waals surface area contributed by atoms with Gasteiger partial charge < -0.3 is 28.9 Å². The maximum Gasteiger partial charge on any atom is 0.410 e. The minimum Gasteiger partial charge on any atom is -0.489 e. The van der Waals surface area contributed by atoms with Crippen LogP contribution >= 0.6 is 23.2 Å². The van der Waals surface area contributed by atoms with Gasteiger partial charge in [0.2, 0.25) is 0 Å². The van der Waals surface area contributed by atoms with Crippen molar-refractivity contribution < 1.29 is 23.8 Å². The average molecular weight is 513 g/mol. The van der Waals surface area contributed by atoms with Gasteiger partial charge in [0.15, 0.2) is 10.9 Å². The predicted octanol–water partition coefficient (Wildman–Crippen LogP) is 3.46. The molecule has 11 heteroatoms. The molecule has 2 atom stereocenters. The fourth-order valence-corrected chi connectivity index (χ4v) is 5.59. The molecule has 5 heterocycles. The molecule has 2 amide bonds. The number of halogens is 2. The van der Waals surface area contributed by atoms with Gasteiger partial charge in [0.25, 0.3) is 5.91 Å². The summed E-state index contributed by atoms with van der Waals surface area (Å²) in [4.78, 5) is 36.5. The number of carbonyl (C=O) groups is 2. The molecule has 34 heavy (non-hydrogen) atoms. The van der Waals surface area contributed by atoms with E-state index in [2.05, 4.69) is 9.88 Å². The summed E-state index contributed by atoms with van der Waals surface area (Å²) in [6.45, 7) is 9.70. The SMILES string of the molecule is CC(C)(C)OC(=O)N1CCN2C(=O)c3c(N4CCC5(CCOC5)C4)nc(Cl)c(Cl)c3OC[C@H]2C1. The number of fused-ring (bicyclic) bond motifs is 2. The number of pyridine rings is 1. The zero-order valence-electron chi connectivity index (χ0n) is 19.7. The number of amides is 2. The second kappa shape index (κ2) is 8.60. The second-order valence-corrected chi connectivity index (χ2v) is 11.3. The van der Waals surface area contributed by atoms with Gasteiger partial charge in [-0.2, -0.15) is 0 Å². The lowest BCUT2D eigenvalue weighted by Crippen LogP contribution is -2.58. The van der Waals surface area contributed by atoms with Crippen LogP contribution in [-0.4, -0.2) is 91.0 Å². The molecule has 0 aliphatic carbocycles. The first-order valence-corrected chi connectivity index (χ1v) is 12.5. The summed E-state index contributed by atoms with van der Waals surface area (Å²) in [5.74, 6) is 0.572. The smallest absolute Gasteiger partial charge is 0.410 e. The first-order chi connectivity index (χ1) is 16.1. The van der Waals surface area contributed by atoms with Crippen LogP contribution in [-0.2, 0) is 9.47 Å². The number of aromatic nitrogens is 1. The Balaban J connectivity index is 1.43. The Kier molecular flexibility index (Phi) is 6.01. The zero-order valence-corrected chi connectivity index (χ0v) is 21.2. The largest absolute Gasteiger partial charge is 0.489 e. The van der Waals surface area contributed by atoms with Gasteiger partial charge in [-0.15, -0.1) is 0 Å². The molecule has 0 aromatic carbocycles. The number of hydrogen-bond donors (Lipinski definition) is 0. The molecule has 9 nitrogen and oxygen atoms in total. The highest BCUT2D eigenvalue weighted by Crippen LogP contribution is 2.45. The van der Waals surface area contributed by atoms with Gasteiger partial charge in [0.1, 0.15) is 28.6 Å². The van der Waals surface area contributed by atoms with E-state index in [0.717, 1.165) is 32.5 Å². The lowest BCUT2D eigenvalue weighted by atomic mass is 9.87. The van der Waals surface area contributed by atoms with Crippen molar-refractivity contribution in [3.8, 4) is 5.75 Å². The van der Waals surface area contributed by atoms with E-state index in [1.165, 1.54) is 0 Å². The molecule has 3 fully saturated rings. The molecular formula is C23H30Cl2N4O5. The van der Waals surface area contributed by atoms with E-state index in [1.807, 2.05) is 20.8 Å². The van der Waals surface area contributed by atoms with Crippen LogP contribution in [0.3, 0.4) is 0 Å². The molecule has 0 saturated carbocycles. The summed E-state index contributed by atoms with van der Waals surface area (Å²) < 4.78 is 17.3. The molecule has 0 N–H and O–H groups in total. The Hall–Kier alpha value is -1.97. The molecular weight excluding hydrogens is 483 g/mol. The molecule has 1 spiro atoms. The van der Waals surface area contributed by atoms with Crippen LogP contribution in [0.25, 0.3) is 0 Å². The van der Waals surface area contributed by atoms with Crippen molar-refractivity contribution in [2.45, 2.75) is 45.3 Å². The van der Waals surface area contributed by atoms with Crippen molar-refractivity contribution in [1.82, 2.24) is 14.8 Å². The van der Waals surface area contributed by atoms with Gasteiger partial charge in [-0.3, -0.25) is 4.79 Å². The van der Waals surface area contributed by atoms with E-state index < -0.39 is 11.7 Å². The van der Waals surface area contributed by atoms with Crippen molar-refractivity contribution in [1.29, 1.82) is 0 Å². The molecule has 0 radical (unpaired) electrons. The Morgan fingerprint density at radius 3 is 2.71 bits per heavy atom. The maximum atomic E-state index is 13.8. The Labute approximate surface area is 209 Å². The van der Waals surface area contributed by atoms with Crippen LogP contribution in [0.2, 0.25) is 10.2 Å². The molecule has 4 aliphatic rings. The Morgan fingerprint density at radius 1 is 1.21 bits per heavy atom. The topological polar surface area (TPSA) is 84.4 Å². The summed E-state index contributed by atoms with van der Waals surface area (Å²) in [6.07, 6.45) is 1.56. The third-order valence-electron chi connectivity index (χ3n) is 6.99. The lowest BCUT2D eigenvalue weighted by molar-refractivity contribution is 0.000955. The van der Waals surface area contributed by atoms with Crippen molar-refractivity contribution in [2.24, 2.45) is 5.41 Å². The summed E-state index contributed by atoms with van der Waals surface area (Å²) in [5.41, 5.74) is -0.169. The lowest BCUT2D eigenvalue weighted by Gasteiger charge is -2.40. The minimum absolute atomic E-state index is 0.0802. The Bertz CT molecular complexity index is 1010. The molecule has 186 valence electrons. The van der Waals surface area contributed by atoms with Gasteiger partial charge in [0.05, 0.1) is 12.6 Å². The first-order valence-electron chi connectivity index (χ1n) is 11.7. The van der Waals surface area contributed by atoms with Crippen molar-refractivity contribution in [3.05, 3.63) is 15.7 Å².